The maximum absolute atomic E-state index is 14.2. The summed E-state index contributed by atoms with van der Waals surface area (Å²) in [6, 6.07) is 10.0. The molecule has 36 heavy (non-hydrogen) atoms. The minimum absolute atomic E-state index is 0.0891. The Morgan fingerprint density at radius 3 is 2.56 bits per heavy atom. The van der Waals surface area contributed by atoms with Crippen molar-refractivity contribution in [1.82, 2.24) is 19.8 Å². The van der Waals surface area contributed by atoms with Crippen LogP contribution in [0.25, 0.3) is 22.3 Å². The molecule has 1 aliphatic heterocycles. The van der Waals surface area contributed by atoms with Gasteiger partial charge in [0.1, 0.15) is 18.2 Å². The number of halogens is 2. The SMILES string of the molecule is CC(C)NC(=O)Cn1c(-c2cc(F)cc(Cl)c2)nc2ccc(N3CCCN(C(C)C)CC3)cc2c1=O. The van der Waals surface area contributed by atoms with E-state index < -0.39 is 5.82 Å². The molecule has 2 heterocycles. The van der Waals surface area contributed by atoms with E-state index in [0.717, 1.165) is 38.3 Å². The van der Waals surface area contributed by atoms with E-state index in [-0.39, 0.29) is 34.9 Å². The summed E-state index contributed by atoms with van der Waals surface area (Å²) in [4.78, 5) is 35.8. The van der Waals surface area contributed by atoms with Gasteiger partial charge in [0.2, 0.25) is 5.91 Å². The maximum Gasteiger partial charge on any atom is 0.262 e. The first-order chi connectivity index (χ1) is 17.1. The molecule has 1 N–H and O–H groups in total. The smallest absolute Gasteiger partial charge is 0.262 e. The molecule has 1 aromatic heterocycles. The minimum atomic E-state index is -0.544. The van der Waals surface area contributed by atoms with Crippen LogP contribution in [0.5, 0.6) is 0 Å². The molecule has 2 aromatic carbocycles. The van der Waals surface area contributed by atoms with Crippen LogP contribution >= 0.6 is 11.6 Å². The Morgan fingerprint density at radius 1 is 1.08 bits per heavy atom. The first kappa shape index (κ1) is 26.1. The molecule has 3 aromatic rings. The van der Waals surface area contributed by atoms with Crippen LogP contribution in [0.3, 0.4) is 0 Å². The van der Waals surface area contributed by atoms with Gasteiger partial charge in [0.25, 0.3) is 5.56 Å². The van der Waals surface area contributed by atoms with E-state index in [0.29, 0.717) is 22.5 Å². The molecule has 9 heteroatoms. The van der Waals surface area contributed by atoms with Gasteiger partial charge in [-0.15, -0.1) is 0 Å². The zero-order valence-corrected chi connectivity index (χ0v) is 22.0. The summed E-state index contributed by atoms with van der Waals surface area (Å²) in [5.41, 5.74) is 1.42. The number of hydrogen-bond donors (Lipinski definition) is 1. The molecule has 1 aliphatic rings. The second kappa shape index (κ2) is 11.0. The highest BCUT2D eigenvalue weighted by atomic mass is 35.5. The third-order valence-corrected chi connectivity index (χ3v) is 6.65. The van der Waals surface area contributed by atoms with E-state index in [4.69, 9.17) is 16.6 Å². The number of fused-ring (bicyclic) bond motifs is 1. The standard InChI is InChI=1S/C27H33ClFN5O2/c1-17(2)30-25(35)16-34-26(19-12-20(28)14-21(29)13-19)31-24-7-6-22(15-23(24)27(34)36)33-9-5-8-32(10-11-33)18(3)4/h6-7,12-15,17-18H,5,8-11,16H2,1-4H3,(H,30,35). The number of benzene rings is 2. The van der Waals surface area contributed by atoms with Gasteiger partial charge in [-0.1, -0.05) is 11.6 Å². The first-order valence-corrected chi connectivity index (χ1v) is 12.8. The van der Waals surface area contributed by atoms with E-state index in [2.05, 4.69) is 29.0 Å². The van der Waals surface area contributed by atoms with Gasteiger partial charge in [-0.05, 0) is 70.5 Å². The fourth-order valence-electron chi connectivity index (χ4n) is 4.68. The molecule has 192 valence electrons. The molecule has 0 saturated carbocycles. The molecule has 0 bridgehead atoms. The Labute approximate surface area is 215 Å². The number of amides is 1. The molecule has 0 spiro atoms. The average Bonchev–Trinajstić information content (AvgIpc) is 3.06. The molecule has 4 rings (SSSR count). The van der Waals surface area contributed by atoms with Crippen LogP contribution in [0.1, 0.15) is 34.1 Å². The van der Waals surface area contributed by atoms with Crippen LogP contribution in [0.2, 0.25) is 5.02 Å². The van der Waals surface area contributed by atoms with E-state index in [1.165, 1.54) is 16.7 Å². The molecule has 1 saturated heterocycles. The third kappa shape index (κ3) is 5.87. The molecule has 0 aliphatic carbocycles. The van der Waals surface area contributed by atoms with Gasteiger partial charge in [-0.25, -0.2) is 9.37 Å². The fraction of sp³-hybridized carbons (Fsp3) is 0.444. The van der Waals surface area contributed by atoms with Crippen LogP contribution in [0, 0.1) is 5.82 Å². The average molecular weight is 514 g/mol. The van der Waals surface area contributed by atoms with E-state index in [1.807, 2.05) is 32.0 Å². The van der Waals surface area contributed by atoms with Crippen molar-refractivity contribution < 1.29 is 9.18 Å². The quantitative estimate of drug-likeness (QED) is 0.532. The van der Waals surface area contributed by atoms with Gasteiger partial charge in [-0.3, -0.25) is 19.1 Å². The second-order valence-electron chi connectivity index (χ2n) is 9.88. The van der Waals surface area contributed by atoms with Gasteiger partial charge in [0.05, 0.1) is 10.9 Å². The molecule has 1 amide bonds. The summed E-state index contributed by atoms with van der Waals surface area (Å²) < 4.78 is 15.5. The van der Waals surface area contributed by atoms with Gasteiger partial charge < -0.3 is 10.2 Å². The van der Waals surface area contributed by atoms with Gasteiger partial charge in [0, 0.05) is 54.5 Å². The molecule has 0 radical (unpaired) electrons. The summed E-state index contributed by atoms with van der Waals surface area (Å²) in [5.74, 6) is -0.672. The van der Waals surface area contributed by atoms with Crippen molar-refractivity contribution in [2.24, 2.45) is 0 Å². The monoisotopic (exact) mass is 513 g/mol. The highest BCUT2D eigenvalue weighted by Gasteiger charge is 2.20. The molecular formula is C27H33ClFN5O2. The number of carbonyl (C=O) groups is 1. The van der Waals surface area contributed by atoms with Gasteiger partial charge >= 0.3 is 0 Å². The lowest BCUT2D eigenvalue weighted by molar-refractivity contribution is -0.122. The lowest BCUT2D eigenvalue weighted by Crippen LogP contribution is -2.37. The zero-order chi connectivity index (χ0) is 26.0. The molecular weight excluding hydrogens is 481 g/mol. The predicted octanol–water partition coefficient (Wildman–Crippen LogP) is 4.30. The van der Waals surface area contributed by atoms with Crippen molar-refractivity contribution in [2.75, 3.05) is 31.1 Å². The van der Waals surface area contributed by atoms with E-state index >= 15 is 0 Å². The van der Waals surface area contributed by atoms with Gasteiger partial charge in [-0.2, -0.15) is 0 Å². The second-order valence-corrected chi connectivity index (χ2v) is 10.3. The van der Waals surface area contributed by atoms with Crippen molar-refractivity contribution in [1.29, 1.82) is 0 Å². The predicted molar refractivity (Wildman–Crippen MR) is 143 cm³/mol. The third-order valence-electron chi connectivity index (χ3n) is 6.44. The van der Waals surface area contributed by atoms with E-state index in [1.54, 1.807) is 6.07 Å². The minimum Gasteiger partial charge on any atom is -0.370 e. The summed E-state index contributed by atoms with van der Waals surface area (Å²) in [6.45, 7) is 11.6. The van der Waals surface area contributed by atoms with Crippen molar-refractivity contribution in [3.05, 3.63) is 57.6 Å². The van der Waals surface area contributed by atoms with E-state index in [9.17, 15) is 14.0 Å². The number of rotatable bonds is 6. The maximum atomic E-state index is 14.2. The lowest BCUT2D eigenvalue weighted by Gasteiger charge is -2.26. The summed E-state index contributed by atoms with van der Waals surface area (Å²) in [6.07, 6.45) is 1.04. The highest BCUT2D eigenvalue weighted by molar-refractivity contribution is 6.30. The molecule has 7 nitrogen and oxygen atoms in total. The Balaban J connectivity index is 1.80. The summed E-state index contributed by atoms with van der Waals surface area (Å²) >= 11 is 6.09. The van der Waals surface area contributed by atoms with Crippen LogP contribution in [0.15, 0.2) is 41.2 Å². The Kier molecular flexibility index (Phi) is 7.95. The normalized spacial score (nSPS) is 15.1. The number of nitrogens with zero attached hydrogens (tertiary/aromatic N) is 4. The highest BCUT2D eigenvalue weighted by Crippen LogP contribution is 2.26. The number of hydrogen-bond acceptors (Lipinski definition) is 5. The largest absolute Gasteiger partial charge is 0.370 e. The number of carbonyl (C=O) groups excluding carboxylic acids is 1. The molecule has 1 fully saturated rings. The fourth-order valence-corrected chi connectivity index (χ4v) is 4.90. The summed E-state index contributed by atoms with van der Waals surface area (Å²) in [7, 11) is 0. The van der Waals surface area contributed by atoms with Crippen molar-refractivity contribution >= 4 is 34.1 Å². The van der Waals surface area contributed by atoms with Crippen LogP contribution in [-0.2, 0) is 11.3 Å². The summed E-state index contributed by atoms with van der Waals surface area (Å²) in [5, 5.41) is 3.41. The van der Waals surface area contributed by atoms with Crippen molar-refractivity contribution in [2.45, 2.75) is 52.7 Å². The van der Waals surface area contributed by atoms with Gasteiger partial charge in [0.15, 0.2) is 0 Å². The van der Waals surface area contributed by atoms with Crippen molar-refractivity contribution in [3.63, 3.8) is 0 Å². The van der Waals surface area contributed by atoms with Crippen molar-refractivity contribution in [3.8, 4) is 11.4 Å². The Hall–Kier alpha value is -2.97. The number of anilines is 1. The van der Waals surface area contributed by atoms with Crippen LogP contribution in [0.4, 0.5) is 10.1 Å². The van der Waals surface area contributed by atoms with Crippen LogP contribution in [-0.4, -0.2) is 58.6 Å². The number of aromatic nitrogens is 2. The number of nitrogens with one attached hydrogen (secondary N) is 1. The molecule has 0 unspecified atom stereocenters. The first-order valence-electron chi connectivity index (χ1n) is 12.4. The Morgan fingerprint density at radius 2 is 1.86 bits per heavy atom. The Bertz CT molecular complexity index is 1300. The van der Waals surface area contributed by atoms with Crippen LogP contribution < -0.4 is 15.8 Å². The topological polar surface area (TPSA) is 70.5 Å². The zero-order valence-electron chi connectivity index (χ0n) is 21.2. The lowest BCUT2D eigenvalue weighted by atomic mass is 10.1. The molecule has 0 atom stereocenters.